The Kier molecular flexibility index (Phi) is 4.29. The number of aliphatic hydroxyl groups is 1. The van der Waals surface area contributed by atoms with Gasteiger partial charge < -0.3 is 10.0 Å². The van der Waals surface area contributed by atoms with Crippen LogP contribution in [0.1, 0.15) is 24.2 Å². The van der Waals surface area contributed by atoms with Crippen LogP contribution in [0.2, 0.25) is 5.02 Å². The summed E-state index contributed by atoms with van der Waals surface area (Å²) in [6.45, 7) is 3.11. The van der Waals surface area contributed by atoms with E-state index in [1.54, 1.807) is 0 Å². The average Bonchev–Trinajstić information content (AvgIpc) is 2.20. The Hall–Kier alpha value is -1.20. The molecule has 6 heteroatoms. The predicted octanol–water partition coefficient (Wildman–Crippen LogP) is 2.46. The fourth-order valence-corrected chi connectivity index (χ4v) is 1.78. The van der Waals surface area contributed by atoms with Gasteiger partial charge in [0.15, 0.2) is 11.6 Å². The molecule has 18 heavy (non-hydrogen) atoms. The Balaban J connectivity index is 3.01. The monoisotopic (exact) mass is 277 g/mol. The van der Waals surface area contributed by atoms with Crippen LogP contribution in [0.3, 0.4) is 0 Å². The van der Waals surface area contributed by atoms with Gasteiger partial charge in [0.05, 0.1) is 16.2 Å². The van der Waals surface area contributed by atoms with Crippen LogP contribution in [0.5, 0.6) is 0 Å². The average molecular weight is 278 g/mol. The van der Waals surface area contributed by atoms with Crippen LogP contribution in [0, 0.1) is 11.6 Å². The van der Waals surface area contributed by atoms with Crippen LogP contribution < -0.4 is 0 Å². The Morgan fingerprint density at radius 3 is 2.39 bits per heavy atom. The van der Waals surface area contributed by atoms with E-state index in [9.17, 15) is 18.7 Å². The second kappa shape index (κ2) is 5.20. The summed E-state index contributed by atoms with van der Waals surface area (Å²) in [5.74, 6) is -2.83. The van der Waals surface area contributed by atoms with Gasteiger partial charge in [-0.3, -0.25) is 4.79 Å². The first kappa shape index (κ1) is 14.9. The van der Waals surface area contributed by atoms with Gasteiger partial charge in [0.1, 0.15) is 0 Å². The van der Waals surface area contributed by atoms with Crippen molar-refractivity contribution in [3.63, 3.8) is 0 Å². The first-order valence-corrected chi connectivity index (χ1v) is 5.62. The molecule has 100 valence electrons. The molecule has 1 amide bonds. The summed E-state index contributed by atoms with van der Waals surface area (Å²) in [5, 5.41) is 9.43. The number of hydrogen-bond donors (Lipinski definition) is 1. The highest BCUT2D eigenvalue weighted by Crippen LogP contribution is 2.21. The summed E-state index contributed by atoms with van der Waals surface area (Å²) < 4.78 is 25.9. The van der Waals surface area contributed by atoms with Crippen molar-refractivity contribution in [1.29, 1.82) is 0 Å². The standard InChI is InChI=1S/C12H14ClF2NO2/c1-12(2,18)6-16(3)11(17)7-4-9(14)10(15)5-8(7)13/h4-5,18H,6H2,1-3H3. The summed E-state index contributed by atoms with van der Waals surface area (Å²) in [5.41, 5.74) is -1.22. The minimum atomic E-state index is -1.14. The zero-order valence-corrected chi connectivity index (χ0v) is 11.1. The van der Waals surface area contributed by atoms with Gasteiger partial charge in [-0.25, -0.2) is 8.78 Å². The van der Waals surface area contributed by atoms with Crippen LogP contribution in [-0.4, -0.2) is 35.1 Å². The van der Waals surface area contributed by atoms with Crippen molar-refractivity contribution in [3.05, 3.63) is 34.4 Å². The van der Waals surface area contributed by atoms with E-state index in [1.165, 1.54) is 25.8 Å². The van der Waals surface area contributed by atoms with Gasteiger partial charge in [-0.2, -0.15) is 0 Å². The van der Waals surface area contributed by atoms with Gasteiger partial charge in [0.2, 0.25) is 0 Å². The second-order valence-corrected chi connectivity index (χ2v) is 5.13. The number of carbonyl (C=O) groups excluding carboxylic acids is 1. The molecule has 0 aliphatic heterocycles. The first-order valence-electron chi connectivity index (χ1n) is 5.24. The molecule has 3 nitrogen and oxygen atoms in total. The molecule has 1 aromatic rings. The topological polar surface area (TPSA) is 40.5 Å². The van der Waals surface area contributed by atoms with Crippen LogP contribution in [0.15, 0.2) is 12.1 Å². The Bertz CT molecular complexity index is 472. The number of carbonyl (C=O) groups is 1. The van der Waals surface area contributed by atoms with Crippen LogP contribution in [-0.2, 0) is 0 Å². The van der Waals surface area contributed by atoms with Gasteiger partial charge in [-0.15, -0.1) is 0 Å². The fourth-order valence-electron chi connectivity index (χ4n) is 1.54. The van der Waals surface area contributed by atoms with E-state index in [1.807, 2.05) is 0 Å². The van der Waals surface area contributed by atoms with Crippen LogP contribution >= 0.6 is 11.6 Å². The lowest BCUT2D eigenvalue weighted by molar-refractivity contribution is 0.0367. The predicted molar refractivity (Wildman–Crippen MR) is 64.6 cm³/mol. The van der Waals surface area contributed by atoms with Gasteiger partial charge in [0.25, 0.3) is 5.91 Å². The quantitative estimate of drug-likeness (QED) is 0.862. The summed E-state index contributed by atoms with van der Waals surface area (Å²) in [4.78, 5) is 13.1. The normalized spacial score (nSPS) is 11.5. The molecule has 0 spiro atoms. The maximum Gasteiger partial charge on any atom is 0.255 e. The van der Waals surface area contributed by atoms with E-state index in [-0.39, 0.29) is 17.1 Å². The Labute approximate surface area is 109 Å². The summed E-state index contributed by atoms with van der Waals surface area (Å²) in [6, 6.07) is 1.50. The molecule has 0 saturated carbocycles. The molecule has 0 heterocycles. The lowest BCUT2D eigenvalue weighted by Crippen LogP contribution is -2.39. The summed E-state index contributed by atoms with van der Waals surface area (Å²) in [6.07, 6.45) is 0. The molecule has 1 aromatic carbocycles. The summed E-state index contributed by atoms with van der Waals surface area (Å²) in [7, 11) is 1.44. The largest absolute Gasteiger partial charge is 0.389 e. The number of hydrogen-bond acceptors (Lipinski definition) is 2. The van der Waals surface area contributed by atoms with Gasteiger partial charge >= 0.3 is 0 Å². The molecule has 0 aliphatic rings. The zero-order valence-electron chi connectivity index (χ0n) is 10.3. The molecule has 0 saturated heterocycles. The molecule has 0 bridgehead atoms. The SMILES string of the molecule is CN(CC(C)(C)O)C(=O)c1cc(F)c(F)cc1Cl. The van der Waals surface area contributed by atoms with Crippen molar-refractivity contribution in [3.8, 4) is 0 Å². The molecule has 0 unspecified atom stereocenters. The van der Waals surface area contributed by atoms with Gasteiger partial charge in [0, 0.05) is 13.6 Å². The maximum atomic E-state index is 13.1. The fraction of sp³-hybridized carbons (Fsp3) is 0.417. The Morgan fingerprint density at radius 1 is 1.39 bits per heavy atom. The first-order chi connectivity index (χ1) is 8.11. The van der Waals surface area contributed by atoms with Crippen molar-refractivity contribution in [2.75, 3.05) is 13.6 Å². The van der Waals surface area contributed by atoms with Crippen LogP contribution in [0.25, 0.3) is 0 Å². The third-order valence-corrected chi connectivity index (χ3v) is 2.52. The minimum Gasteiger partial charge on any atom is -0.389 e. The number of benzene rings is 1. The van der Waals surface area contributed by atoms with Gasteiger partial charge in [-0.05, 0) is 26.0 Å². The highest BCUT2D eigenvalue weighted by atomic mass is 35.5. The number of rotatable bonds is 3. The Morgan fingerprint density at radius 2 is 1.89 bits per heavy atom. The molecule has 0 fully saturated rings. The molecular formula is C12H14ClF2NO2. The highest BCUT2D eigenvalue weighted by molar-refractivity contribution is 6.33. The second-order valence-electron chi connectivity index (χ2n) is 4.72. The van der Waals surface area contributed by atoms with E-state index in [0.717, 1.165) is 12.1 Å². The smallest absolute Gasteiger partial charge is 0.255 e. The van der Waals surface area contributed by atoms with Crippen molar-refractivity contribution in [2.24, 2.45) is 0 Å². The molecule has 0 radical (unpaired) electrons. The van der Waals surface area contributed by atoms with E-state index in [2.05, 4.69) is 0 Å². The highest BCUT2D eigenvalue weighted by Gasteiger charge is 2.23. The lowest BCUT2D eigenvalue weighted by atomic mass is 10.1. The number of nitrogens with zero attached hydrogens (tertiary/aromatic N) is 1. The third kappa shape index (κ3) is 3.65. The van der Waals surface area contributed by atoms with E-state index in [4.69, 9.17) is 11.6 Å². The molecule has 0 aromatic heterocycles. The van der Waals surface area contributed by atoms with Crippen molar-refractivity contribution >= 4 is 17.5 Å². The summed E-state index contributed by atoms with van der Waals surface area (Å²) >= 11 is 5.70. The number of likely N-dealkylation sites (N-methyl/N-ethyl adjacent to an activating group) is 1. The number of amides is 1. The molecule has 1 N–H and O–H groups in total. The lowest BCUT2D eigenvalue weighted by Gasteiger charge is -2.25. The number of halogens is 3. The van der Waals surface area contributed by atoms with E-state index < -0.39 is 23.1 Å². The van der Waals surface area contributed by atoms with Gasteiger partial charge in [-0.1, -0.05) is 11.6 Å². The molecule has 0 aliphatic carbocycles. The van der Waals surface area contributed by atoms with Crippen molar-refractivity contribution in [1.82, 2.24) is 4.90 Å². The molecule has 1 rings (SSSR count). The maximum absolute atomic E-state index is 13.1. The minimum absolute atomic E-state index is 0.0428. The molecular weight excluding hydrogens is 264 g/mol. The molecule has 0 atom stereocenters. The zero-order chi connectivity index (χ0) is 14.1. The van der Waals surface area contributed by atoms with Crippen molar-refractivity contribution in [2.45, 2.75) is 19.4 Å². The van der Waals surface area contributed by atoms with Crippen molar-refractivity contribution < 1.29 is 18.7 Å². The third-order valence-electron chi connectivity index (χ3n) is 2.21. The van der Waals surface area contributed by atoms with Crippen LogP contribution in [0.4, 0.5) is 8.78 Å². The van der Waals surface area contributed by atoms with E-state index in [0.29, 0.717) is 0 Å². The van der Waals surface area contributed by atoms with E-state index >= 15 is 0 Å².